The maximum absolute atomic E-state index is 13.5. The number of nitrogens with one attached hydrogen (secondary N) is 2. The summed E-state index contributed by atoms with van der Waals surface area (Å²) in [6, 6.07) is 8.72. The lowest BCUT2D eigenvalue weighted by atomic mass is 10.2. The first-order valence-corrected chi connectivity index (χ1v) is 8.80. The van der Waals surface area contributed by atoms with Crippen LogP contribution in [0.15, 0.2) is 41.5 Å². The van der Waals surface area contributed by atoms with Crippen LogP contribution in [0.1, 0.15) is 25.3 Å². The molecule has 0 aromatic heterocycles. The van der Waals surface area contributed by atoms with Gasteiger partial charge in [-0.2, -0.15) is 5.10 Å². The summed E-state index contributed by atoms with van der Waals surface area (Å²) in [6.07, 6.45) is 1.07. The van der Waals surface area contributed by atoms with Gasteiger partial charge in [0.25, 0.3) is 0 Å². The summed E-state index contributed by atoms with van der Waals surface area (Å²) in [6.45, 7) is 2.10. The number of rotatable bonds is 8. The second kappa shape index (κ2) is 10.3. The molecule has 0 aliphatic heterocycles. The van der Waals surface area contributed by atoms with Crippen molar-refractivity contribution in [2.75, 3.05) is 11.9 Å². The minimum Gasteiger partial charge on any atom is -0.503 e. The van der Waals surface area contributed by atoms with Crippen molar-refractivity contribution in [1.82, 2.24) is 5.43 Å². The van der Waals surface area contributed by atoms with Crippen LogP contribution in [0, 0.1) is 5.82 Å². The Balaban J connectivity index is 1.83. The number of phenolic OH excluding ortho intramolecular Hbond substituents is 1. The third-order valence-corrected chi connectivity index (χ3v) is 3.77. The van der Waals surface area contributed by atoms with Gasteiger partial charge in [-0.15, -0.1) is 0 Å². The molecule has 2 amide bonds. The predicted octanol–water partition coefficient (Wildman–Crippen LogP) is 3.45. The maximum atomic E-state index is 13.5. The Labute approximate surface area is 166 Å². The van der Waals surface area contributed by atoms with Gasteiger partial charge in [0.15, 0.2) is 11.5 Å². The number of hydrazone groups is 1. The predicted molar refractivity (Wildman–Crippen MR) is 104 cm³/mol. The van der Waals surface area contributed by atoms with Crippen LogP contribution in [0.5, 0.6) is 11.5 Å². The molecular weight excluding hydrogens is 389 g/mol. The number of ether oxygens (including phenoxy) is 1. The molecule has 0 aliphatic carbocycles. The molecule has 2 rings (SSSR count). The Hall–Kier alpha value is -3.13. The Morgan fingerprint density at radius 3 is 2.68 bits per heavy atom. The van der Waals surface area contributed by atoms with Gasteiger partial charge < -0.3 is 15.2 Å². The molecule has 148 valence electrons. The van der Waals surface area contributed by atoms with E-state index in [1.54, 1.807) is 13.0 Å². The summed E-state index contributed by atoms with van der Waals surface area (Å²) in [5.74, 6) is -1.51. The number of anilines is 1. The van der Waals surface area contributed by atoms with E-state index in [0.29, 0.717) is 12.2 Å². The monoisotopic (exact) mass is 407 g/mol. The van der Waals surface area contributed by atoms with Crippen LogP contribution in [0.2, 0.25) is 5.02 Å². The highest BCUT2D eigenvalue weighted by Gasteiger charge is 2.10. The zero-order valence-corrected chi connectivity index (χ0v) is 15.8. The molecule has 0 atom stereocenters. The Kier molecular flexibility index (Phi) is 7.76. The first-order valence-electron chi connectivity index (χ1n) is 8.42. The zero-order chi connectivity index (χ0) is 20.5. The lowest BCUT2D eigenvalue weighted by Gasteiger charge is -2.08. The van der Waals surface area contributed by atoms with Gasteiger partial charge >= 0.3 is 0 Å². The summed E-state index contributed by atoms with van der Waals surface area (Å²) >= 11 is 5.91. The number of nitrogens with zero attached hydrogens (tertiary/aromatic N) is 1. The molecule has 0 radical (unpaired) electrons. The highest BCUT2D eigenvalue weighted by atomic mass is 35.5. The number of amides is 2. The second-order valence-electron chi connectivity index (χ2n) is 5.60. The summed E-state index contributed by atoms with van der Waals surface area (Å²) < 4.78 is 18.7. The van der Waals surface area contributed by atoms with Crippen molar-refractivity contribution in [1.29, 1.82) is 0 Å². The van der Waals surface area contributed by atoms with Gasteiger partial charge in [0.2, 0.25) is 11.8 Å². The summed E-state index contributed by atoms with van der Waals surface area (Å²) in [7, 11) is 0. The van der Waals surface area contributed by atoms with E-state index < -0.39 is 17.6 Å². The van der Waals surface area contributed by atoms with Crippen molar-refractivity contribution in [3.8, 4) is 11.5 Å². The van der Waals surface area contributed by atoms with E-state index in [1.165, 1.54) is 36.5 Å². The van der Waals surface area contributed by atoms with Gasteiger partial charge in [-0.25, -0.2) is 9.82 Å². The second-order valence-corrected chi connectivity index (χ2v) is 6.01. The highest BCUT2D eigenvalue weighted by Crippen LogP contribution is 2.34. The van der Waals surface area contributed by atoms with Crippen LogP contribution in [0.3, 0.4) is 0 Å². The molecule has 0 aliphatic rings. The molecule has 3 N–H and O–H groups in total. The van der Waals surface area contributed by atoms with Gasteiger partial charge in [-0.1, -0.05) is 23.7 Å². The fraction of sp³-hybridized carbons (Fsp3) is 0.211. The number of hydrogen-bond acceptors (Lipinski definition) is 5. The van der Waals surface area contributed by atoms with Gasteiger partial charge in [0.05, 0.1) is 23.5 Å². The van der Waals surface area contributed by atoms with Gasteiger partial charge in [-0.05, 0) is 36.8 Å². The molecule has 0 bridgehead atoms. The van der Waals surface area contributed by atoms with Crippen LogP contribution < -0.4 is 15.5 Å². The van der Waals surface area contributed by atoms with Crippen molar-refractivity contribution in [2.45, 2.75) is 19.8 Å². The number of para-hydroxylation sites is 1. The van der Waals surface area contributed by atoms with Crippen molar-refractivity contribution in [2.24, 2.45) is 5.10 Å². The molecule has 0 spiro atoms. The van der Waals surface area contributed by atoms with Crippen LogP contribution in [0.25, 0.3) is 0 Å². The standard InChI is InChI=1S/C19H19ClFN3O4/c1-2-28-16-10-12(9-13(20)19(16)27)11-22-24-18(26)8-7-17(25)23-15-6-4-3-5-14(15)21/h3-6,9-11,27H,2,7-8H2,1H3,(H,23,25)(H,24,26). The van der Waals surface area contributed by atoms with Crippen molar-refractivity contribution < 1.29 is 23.8 Å². The highest BCUT2D eigenvalue weighted by molar-refractivity contribution is 6.32. The first-order chi connectivity index (χ1) is 13.4. The third-order valence-electron chi connectivity index (χ3n) is 3.48. The molecule has 9 heteroatoms. The SMILES string of the molecule is CCOc1cc(C=NNC(=O)CCC(=O)Nc2ccccc2F)cc(Cl)c1O. The third kappa shape index (κ3) is 6.24. The van der Waals surface area contributed by atoms with E-state index in [1.807, 2.05) is 0 Å². The number of carbonyl (C=O) groups excluding carboxylic acids is 2. The number of aromatic hydroxyl groups is 1. The fourth-order valence-corrected chi connectivity index (χ4v) is 2.39. The van der Waals surface area contributed by atoms with Gasteiger partial charge in [0, 0.05) is 12.8 Å². The van der Waals surface area contributed by atoms with Gasteiger partial charge in [0.1, 0.15) is 5.82 Å². The molecule has 0 saturated carbocycles. The molecule has 7 nitrogen and oxygen atoms in total. The quantitative estimate of drug-likeness (QED) is 0.461. The smallest absolute Gasteiger partial charge is 0.240 e. The van der Waals surface area contributed by atoms with Crippen molar-refractivity contribution in [3.63, 3.8) is 0 Å². The molecular formula is C19H19ClFN3O4. The van der Waals surface area contributed by atoms with E-state index in [4.69, 9.17) is 16.3 Å². The van der Waals surface area contributed by atoms with Gasteiger partial charge in [-0.3, -0.25) is 9.59 Å². The lowest BCUT2D eigenvalue weighted by Crippen LogP contribution is -2.21. The Bertz CT molecular complexity index is 889. The van der Waals surface area contributed by atoms with Crippen LogP contribution in [-0.2, 0) is 9.59 Å². The van der Waals surface area contributed by atoms with Crippen LogP contribution in [0.4, 0.5) is 10.1 Å². The molecule has 0 saturated heterocycles. The summed E-state index contributed by atoms with van der Waals surface area (Å²) in [5, 5.41) is 16.0. The normalized spacial score (nSPS) is 10.7. The van der Waals surface area contributed by atoms with E-state index in [9.17, 15) is 19.1 Å². The Morgan fingerprint density at radius 2 is 1.96 bits per heavy atom. The lowest BCUT2D eigenvalue weighted by molar-refractivity contribution is -0.124. The van der Waals surface area contributed by atoms with E-state index in [0.717, 1.165) is 0 Å². The molecule has 0 fully saturated rings. The van der Waals surface area contributed by atoms with Crippen molar-refractivity contribution in [3.05, 3.63) is 52.8 Å². The van der Waals surface area contributed by atoms with E-state index >= 15 is 0 Å². The molecule has 28 heavy (non-hydrogen) atoms. The Morgan fingerprint density at radius 1 is 1.25 bits per heavy atom. The van der Waals surface area contributed by atoms with Crippen LogP contribution in [-0.4, -0.2) is 29.7 Å². The fourth-order valence-electron chi connectivity index (χ4n) is 2.17. The molecule has 0 unspecified atom stereocenters. The summed E-state index contributed by atoms with van der Waals surface area (Å²) in [4.78, 5) is 23.6. The number of phenols is 1. The van der Waals surface area contributed by atoms with Crippen molar-refractivity contribution >= 4 is 35.3 Å². The number of hydrogen-bond donors (Lipinski definition) is 3. The zero-order valence-electron chi connectivity index (χ0n) is 15.0. The maximum Gasteiger partial charge on any atom is 0.240 e. The number of carbonyl (C=O) groups is 2. The average Bonchev–Trinajstić information content (AvgIpc) is 2.66. The summed E-state index contributed by atoms with van der Waals surface area (Å²) in [5.41, 5.74) is 2.84. The number of benzene rings is 2. The average molecular weight is 408 g/mol. The molecule has 0 heterocycles. The minimum atomic E-state index is -0.552. The molecule has 2 aromatic rings. The van der Waals surface area contributed by atoms with E-state index in [2.05, 4.69) is 15.8 Å². The molecule has 2 aromatic carbocycles. The number of halogens is 2. The topological polar surface area (TPSA) is 100 Å². The first kappa shape index (κ1) is 21.2. The largest absolute Gasteiger partial charge is 0.503 e. The van der Waals surface area contributed by atoms with Crippen LogP contribution >= 0.6 is 11.6 Å². The minimum absolute atomic E-state index is 0.0558. The van der Waals surface area contributed by atoms with E-state index in [-0.39, 0.29) is 35.1 Å².